The topological polar surface area (TPSA) is 111 Å². The number of hydrogen-bond acceptors (Lipinski definition) is 5. The number of nitrogens with one attached hydrogen (secondary N) is 2. The number of nitrogens with zero attached hydrogens (tertiary/aromatic N) is 2. The highest BCUT2D eigenvalue weighted by Crippen LogP contribution is 2.28. The van der Waals surface area contributed by atoms with Gasteiger partial charge in [0.2, 0.25) is 0 Å². The third kappa shape index (κ3) is 8.69. The van der Waals surface area contributed by atoms with Crippen LogP contribution >= 0.6 is 0 Å². The number of piperidine rings is 1. The van der Waals surface area contributed by atoms with Crippen LogP contribution in [-0.2, 0) is 0 Å². The molecule has 1 aliphatic heterocycles. The SMILES string of the molecule is CCCCCCCCCCCCNC(=O)c1cc(C(O)CN2CCC(n3c(=O)[nH]c4ccccc43)CC2)ccc1O. The molecule has 0 radical (unpaired) electrons. The molecule has 1 atom stereocenters. The van der Waals surface area contributed by atoms with E-state index in [-0.39, 0.29) is 29.0 Å². The van der Waals surface area contributed by atoms with Crippen LogP contribution in [0.2, 0.25) is 0 Å². The second kappa shape index (κ2) is 15.8. The van der Waals surface area contributed by atoms with Gasteiger partial charge in [0.05, 0.1) is 22.7 Å². The quantitative estimate of drug-likeness (QED) is 0.158. The largest absolute Gasteiger partial charge is 0.507 e. The van der Waals surface area contributed by atoms with Gasteiger partial charge in [0.25, 0.3) is 5.91 Å². The molecule has 2 aromatic carbocycles. The third-order valence-electron chi connectivity index (χ3n) is 8.44. The first kappa shape index (κ1) is 30.8. The number of aromatic amines is 1. The fourth-order valence-corrected chi connectivity index (χ4v) is 6.00. The van der Waals surface area contributed by atoms with Crippen molar-refractivity contribution < 1.29 is 15.0 Å². The van der Waals surface area contributed by atoms with Gasteiger partial charge in [0.1, 0.15) is 5.75 Å². The maximum Gasteiger partial charge on any atom is 0.326 e. The molecule has 2 heterocycles. The molecule has 1 unspecified atom stereocenters. The highest BCUT2D eigenvalue weighted by Gasteiger charge is 2.25. The molecule has 0 bridgehead atoms. The predicted molar refractivity (Wildman–Crippen MR) is 165 cm³/mol. The van der Waals surface area contributed by atoms with E-state index < -0.39 is 6.10 Å². The van der Waals surface area contributed by atoms with Crippen molar-refractivity contribution in [3.05, 3.63) is 64.1 Å². The van der Waals surface area contributed by atoms with Gasteiger partial charge in [-0.3, -0.25) is 9.36 Å². The second-order valence-electron chi connectivity index (χ2n) is 11.6. The van der Waals surface area contributed by atoms with E-state index >= 15 is 0 Å². The summed E-state index contributed by atoms with van der Waals surface area (Å²) in [6.45, 7) is 4.77. The number of hydrogen-bond donors (Lipinski definition) is 4. The van der Waals surface area contributed by atoms with Crippen LogP contribution in [0.4, 0.5) is 0 Å². The number of para-hydroxylation sites is 2. The lowest BCUT2D eigenvalue weighted by Crippen LogP contribution is -2.39. The minimum atomic E-state index is -0.781. The summed E-state index contributed by atoms with van der Waals surface area (Å²) < 4.78 is 1.86. The van der Waals surface area contributed by atoms with E-state index in [2.05, 4.69) is 22.1 Å². The van der Waals surface area contributed by atoms with Crippen LogP contribution in [0.3, 0.4) is 0 Å². The number of likely N-dealkylation sites (tertiary alicyclic amines) is 1. The highest BCUT2D eigenvalue weighted by atomic mass is 16.3. The van der Waals surface area contributed by atoms with Gasteiger partial charge >= 0.3 is 5.69 Å². The van der Waals surface area contributed by atoms with Gasteiger partial charge < -0.3 is 25.4 Å². The molecule has 4 rings (SSSR count). The number of benzene rings is 2. The van der Waals surface area contributed by atoms with Gasteiger partial charge in [0, 0.05) is 32.2 Å². The van der Waals surface area contributed by atoms with Gasteiger partial charge in [-0.1, -0.05) is 82.9 Å². The van der Waals surface area contributed by atoms with Crippen LogP contribution < -0.4 is 11.0 Å². The average Bonchev–Trinajstić information content (AvgIpc) is 3.32. The molecule has 3 aromatic rings. The lowest BCUT2D eigenvalue weighted by Gasteiger charge is -2.33. The van der Waals surface area contributed by atoms with Crippen LogP contribution in [0, 0.1) is 0 Å². The molecule has 224 valence electrons. The Morgan fingerprint density at radius 2 is 1.63 bits per heavy atom. The summed E-state index contributed by atoms with van der Waals surface area (Å²) in [4.78, 5) is 30.5. The number of aromatic nitrogens is 2. The van der Waals surface area contributed by atoms with Gasteiger partial charge in [0.15, 0.2) is 0 Å². The predicted octanol–water partition coefficient (Wildman–Crippen LogP) is 6.06. The molecule has 1 amide bonds. The standard InChI is InChI=1S/C33H48N4O4/c1-2-3-4-5-6-7-8-9-10-13-20-34-32(40)27-23-25(16-17-30(27)38)31(39)24-36-21-18-26(19-22-36)37-29-15-12-11-14-28(29)35-33(37)41/h11-12,14-17,23,26,31,38-39H,2-10,13,18-22,24H2,1H3,(H,34,40)(H,35,41). The van der Waals surface area contributed by atoms with E-state index in [4.69, 9.17) is 0 Å². The van der Waals surface area contributed by atoms with Crippen molar-refractivity contribution in [2.45, 2.75) is 96.1 Å². The van der Waals surface area contributed by atoms with Crippen molar-refractivity contribution in [1.82, 2.24) is 19.8 Å². The number of carbonyl (C=O) groups excluding carboxylic acids is 1. The number of carbonyl (C=O) groups is 1. The summed E-state index contributed by atoms with van der Waals surface area (Å²) in [6.07, 6.45) is 13.2. The van der Waals surface area contributed by atoms with E-state index in [1.54, 1.807) is 12.1 Å². The van der Waals surface area contributed by atoms with Gasteiger partial charge in [-0.2, -0.15) is 0 Å². The Labute approximate surface area is 243 Å². The number of β-amino-alcohol motifs (C(OH)–C–C–N with tert-alkyl or cyclic N) is 1. The molecule has 1 aromatic heterocycles. The molecule has 1 fully saturated rings. The smallest absolute Gasteiger partial charge is 0.326 e. The lowest BCUT2D eigenvalue weighted by molar-refractivity contribution is 0.0902. The Bertz CT molecular complexity index is 1290. The Morgan fingerprint density at radius 1 is 0.976 bits per heavy atom. The first-order chi connectivity index (χ1) is 20.0. The molecular weight excluding hydrogens is 516 g/mol. The highest BCUT2D eigenvalue weighted by molar-refractivity contribution is 5.97. The molecule has 8 nitrogen and oxygen atoms in total. The summed E-state index contributed by atoms with van der Waals surface area (Å²) in [5, 5.41) is 24.2. The summed E-state index contributed by atoms with van der Waals surface area (Å²) in [5.41, 5.74) is 2.52. The molecule has 1 saturated heterocycles. The Balaban J connectivity index is 1.19. The Kier molecular flexibility index (Phi) is 11.9. The number of fused-ring (bicyclic) bond motifs is 1. The second-order valence-corrected chi connectivity index (χ2v) is 11.6. The fraction of sp³-hybridized carbons (Fsp3) is 0.576. The minimum absolute atomic E-state index is 0.0762. The third-order valence-corrected chi connectivity index (χ3v) is 8.44. The molecular formula is C33H48N4O4. The summed E-state index contributed by atoms with van der Waals surface area (Å²) in [5.74, 6) is -0.385. The Morgan fingerprint density at radius 3 is 2.34 bits per heavy atom. The first-order valence-electron chi connectivity index (χ1n) is 15.7. The number of phenolic OH excluding ortho intramolecular Hbond substituents is 1. The van der Waals surface area contributed by atoms with E-state index in [1.165, 1.54) is 57.4 Å². The molecule has 0 saturated carbocycles. The van der Waals surface area contributed by atoms with Crippen LogP contribution in [0.5, 0.6) is 5.75 Å². The van der Waals surface area contributed by atoms with Crippen molar-refractivity contribution >= 4 is 16.9 Å². The van der Waals surface area contributed by atoms with Crippen LogP contribution in [0.1, 0.15) is 112 Å². The molecule has 0 spiro atoms. The molecule has 4 N–H and O–H groups in total. The summed E-state index contributed by atoms with van der Waals surface area (Å²) >= 11 is 0. The number of aliphatic hydroxyl groups is 1. The van der Waals surface area contributed by atoms with Crippen molar-refractivity contribution in [3.63, 3.8) is 0 Å². The summed E-state index contributed by atoms with van der Waals surface area (Å²) in [6, 6.07) is 12.6. The average molecular weight is 565 g/mol. The molecule has 8 heteroatoms. The zero-order valence-corrected chi connectivity index (χ0v) is 24.6. The molecule has 41 heavy (non-hydrogen) atoms. The fourth-order valence-electron chi connectivity index (χ4n) is 6.00. The van der Waals surface area contributed by atoms with E-state index in [9.17, 15) is 19.8 Å². The van der Waals surface area contributed by atoms with Crippen LogP contribution in [-0.4, -0.2) is 56.8 Å². The lowest BCUT2D eigenvalue weighted by atomic mass is 10.0. The number of aliphatic hydroxyl groups excluding tert-OH is 1. The molecule has 1 aliphatic rings. The molecule has 0 aliphatic carbocycles. The Hall–Kier alpha value is -3.10. The number of amides is 1. The van der Waals surface area contributed by atoms with Gasteiger partial charge in [-0.15, -0.1) is 0 Å². The number of imidazole rings is 1. The van der Waals surface area contributed by atoms with E-state index in [0.29, 0.717) is 18.7 Å². The maximum absolute atomic E-state index is 12.8. The zero-order valence-electron chi connectivity index (χ0n) is 24.6. The van der Waals surface area contributed by atoms with Gasteiger partial charge in [-0.25, -0.2) is 4.79 Å². The van der Waals surface area contributed by atoms with Crippen LogP contribution in [0.25, 0.3) is 11.0 Å². The van der Waals surface area contributed by atoms with Gasteiger partial charge in [-0.05, 0) is 49.1 Å². The first-order valence-corrected chi connectivity index (χ1v) is 15.7. The number of unbranched alkanes of at least 4 members (excludes halogenated alkanes) is 9. The van der Waals surface area contributed by atoms with Crippen molar-refractivity contribution in [3.8, 4) is 5.75 Å². The number of aromatic hydroxyl groups is 1. The van der Waals surface area contributed by atoms with E-state index in [1.807, 2.05) is 28.8 Å². The normalized spacial score (nSPS) is 15.4. The number of H-pyrrole nitrogens is 1. The maximum atomic E-state index is 12.8. The minimum Gasteiger partial charge on any atom is -0.507 e. The summed E-state index contributed by atoms with van der Waals surface area (Å²) in [7, 11) is 0. The van der Waals surface area contributed by atoms with Crippen molar-refractivity contribution in [2.75, 3.05) is 26.2 Å². The monoisotopic (exact) mass is 564 g/mol. The van der Waals surface area contributed by atoms with Crippen molar-refractivity contribution in [1.29, 1.82) is 0 Å². The zero-order chi connectivity index (χ0) is 29.0. The van der Waals surface area contributed by atoms with E-state index in [0.717, 1.165) is 49.8 Å². The van der Waals surface area contributed by atoms with Crippen LogP contribution in [0.15, 0.2) is 47.3 Å². The van der Waals surface area contributed by atoms with Crippen molar-refractivity contribution in [2.24, 2.45) is 0 Å². The number of rotatable bonds is 16. The number of phenols is 1.